The van der Waals surface area contributed by atoms with Crippen LogP contribution in [0, 0.1) is 0 Å². The SMILES string of the molecule is O=CNc1ccc(N2CCC(N3CCCC3)CC2)cc1. The van der Waals surface area contributed by atoms with Crippen molar-refractivity contribution in [3.05, 3.63) is 24.3 Å². The Morgan fingerprint density at radius 2 is 1.65 bits per heavy atom. The van der Waals surface area contributed by atoms with Gasteiger partial charge < -0.3 is 15.1 Å². The smallest absolute Gasteiger partial charge is 0.211 e. The molecule has 1 amide bonds. The fraction of sp³-hybridized carbons (Fsp3) is 0.562. The van der Waals surface area contributed by atoms with Gasteiger partial charge in [-0.2, -0.15) is 0 Å². The first kappa shape index (κ1) is 13.4. The van der Waals surface area contributed by atoms with Crippen molar-refractivity contribution in [2.75, 3.05) is 36.4 Å². The molecular weight excluding hydrogens is 250 g/mol. The third-order valence-corrected chi connectivity index (χ3v) is 4.58. The van der Waals surface area contributed by atoms with Gasteiger partial charge in [-0.15, -0.1) is 0 Å². The number of hydrogen-bond acceptors (Lipinski definition) is 3. The van der Waals surface area contributed by atoms with Gasteiger partial charge in [0, 0.05) is 30.5 Å². The summed E-state index contributed by atoms with van der Waals surface area (Å²) in [7, 11) is 0. The van der Waals surface area contributed by atoms with E-state index in [-0.39, 0.29) is 0 Å². The molecule has 4 heteroatoms. The molecular formula is C16H23N3O. The monoisotopic (exact) mass is 273 g/mol. The number of amides is 1. The Morgan fingerprint density at radius 3 is 2.25 bits per heavy atom. The predicted molar refractivity (Wildman–Crippen MR) is 82.2 cm³/mol. The maximum Gasteiger partial charge on any atom is 0.211 e. The molecule has 0 aromatic heterocycles. The van der Waals surface area contributed by atoms with Gasteiger partial charge in [0.15, 0.2) is 0 Å². The molecule has 2 aliphatic heterocycles. The maximum absolute atomic E-state index is 10.4. The summed E-state index contributed by atoms with van der Waals surface area (Å²) in [6.45, 7) is 4.89. The largest absolute Gasteiger partial charge is 0.371 e. The Balaban J connectivity index is 1.55. The number of nitrogens with zero attached hydrogens (tertiary/aromatic N) is 2. The third-order valence-electron chi connectivity index (χ3n) is 4.58. The minimum Gasteiger partial charge on any atom is -0.371 e. The molecule has 2 heterocycles. The fourth-order valence-corrected chi connectivity index (χ4v) is 3.43. The standard InChI is InChI=1S/C16H23N3O/c20-13-17-14-3-5-15(6-4-14)19-11-7-16(8-12-19)18-9-1-2-10-18/h3-6,13,16H,1-2,7-12H2,(H,17,20). The van der Waals surface area contributed by atoms with Crippen molar-refractivity contribution < 1.29 is 4.79 Å². The quantitative estimate of drug-likeness (QED) is 0.855. The predicted octanol–water partition coefficient (Wildman–Crippen LogP) is 2.32. The molecule has 1 aromatic rings. The zero-order chi connectivity index (χ0) is 13.8. The Hall–Kier alpha value is -1.55. The molecule has 4 nitrogen and oxygen atoms in total. The number of rotatable bonds is 4. The van der Waals surface area contributed by atoms with Gasteiger partial charge in [-0.25, -0.2) is 0 Å². The first-order valence-electron chi connectivity index (χ1n) is 7.66. The zero-order valence-electron chi connectivity index (χ0n) is 11.9. The van der Waals surface area contributed by atoms with Crippen LogP contribution in [0.15, 0.2) is 24.3 Å². The van der Waals surface area contributed by atoms with E-state index >= 15 is 0 Å². The van der Waals surface area contributed by atoms with Crippen LogP contribution < -0.4 is 10.2 Å². The Bertz CT molecular complexity index is 432. The number of carbonyl (C=O) groups excluding carboxylic acids is 1. The topological polar surface area (TPSA) is 35.6 Å². The number of benzene rings is 1. The number of nitrogens with one attached hydrogen (secondary N) is 1. The third kappa shape index (κ3) is 2.96. The van der Waals surface area contributed by atoms with Gasteiger partial charge in [0.05, 0.1) is 0 Å². The normalized spacial score (nSPS) is 21.1. The fourth-order valence-electron chi connectivity index (χ4n) is 3.43. The summed E-state index contributed by atoms with van der Waals surface area (Å²) in [5, 5.41) is 2.68. The lowest BCUT2D eigenvalue weighted by atomic mass is 10.0. The van der Waals surface area contributed by atoms with Gasteiger partial charge in [-0.05, 0) is 63.0 Å². The van der Waals surface area contributed by atoms with Crippen LogP contribution in [0.4, 0.5) is 11.4 Å². The van der Waals surface area contributed by atoms with Gasteiger partial charge in [0.2, 0.25) is 6.41 Å². The van der Waals surface area contributed by atoms with Crippen LogP contribution in [-0.2, 0) is 4.79 Å². The molecule has 0 radical (unpaired) electrons. The molecule has 0 unspecified atom stereocenters. The van der Waals surface area contributed by atoms with Crippen LogP contribution in [0.2, 0.25) is 0 Å². The van der Waals surface area contributed by atoms with E-state index in [4.69, 9.17) is 0 Å². The Kier molecular flexibility index (Phi) is 4.21. The molecule has 1 aromatic carbocycles. The van der Waals surface area contributed by atoms with Crippen LogP contribution in [0.5, 0.6) is 0 Å². The molecule has 2 fully saturated rings. The number of piperidine rings is 1. The number of likely N-dealkylation sites (tertiary alicyclic amines) is 1. The Labute approximate surface area is 120 Å². The van der Waals surface area contributed by atoms with Crippen LogP contribution in [-0.4, -0.2) is 43.5 Å². The first-order valence-corrected chi connectivity index (χ1v) is 7.66. The molecule has 0 saturated carbocycles. The van der Waals surface area contributed by atoms with Crippen molar-refractivity contribution in [3.8, 4) is 0 Å². The summed E-state index contributed by atoms with van der Waals surface area (Å²) in [6.07, 6.45) is 6.02. The lowest BCUT2D eigenvalue weighted by Crippen LogP contribution is -2.43. The second kappa shape index (κ2) is 6.27. The second-order valence-electron chi connectivity index (χ2n) is 5.77. The van der Waals surface area contributed by atoms with Crippen LogP contribution in [0.25, 0.3) is 0 Å². The van der Waals surface area contributed by atoms with E-state index in [9.17, 15) is 4.79 Å². The van der Waals surface area contributed by atoms with Crippen molar-refractivity contribution >= 4 is 17.8 Å². The number of hydrogen-bond donors (Lipinski definition) is 1. The Morgan fingerprint density at radius 1 is 1.00 bits per heavy atom. The molecule has 20 heavy (non-hydrogen) atoms. The first-order chi connectivity index (χ1) is 9.86. The second-order valence-corrected chi connectivity index (χ2v) is 5.77. The summed E-state index contributed by atoms with van der Waals surface area (Å²) in [4.78, 5) is 15.5. The highest BCUT2D eigenvalue weighted by atomic mass is 16.1. The molecule has 3 rings (SSSR count). The number of anilines is 2. The van der Waals surface area contributed by atoms with Gasteiger partial charge in [-0.1, -0.05) is 0 Å². The van der Waals surface area contributed by atoms with Gasteiger partial charge in [0.25, 0.3) is 0 Å². The molecule has 0 bridgehead atoms. The summed E-state index contributed by atoms with van der Waals surface area (Å²) >= 11 is 0. The highest BCUT2D eigenvalue weighted by Gasteiger charge is 2.26. The van der Waals surface area contributed by atoms with Crippen molar-refractivity contribution in [1.82, 2.24) is 4.90 Å². The van der Waals surface area contributed by atoms with Crippen LogP contribution in [0.3, 0.4) is 0 Å². The summed E-state index contributed by atoms with van der Waals surface area (Å²) in [5.74, 6) is 0. The molecule has 0 atom stereocenters. The van der Waals surface area contributed by atoms with E-state index in [2.05, 4.69) is 27.2 Å². The van der Waals surface area contributed by atoms with E-state index in [1.54, 1.807) is 0 Å². The lowest BCUT2D eigenvalue weighted by Gasteiger charge is -2.37. The summed E-state index contributed by atoms with van der Waals surface area (Å²) < 4.78 is 0. The lowest BCUT2D eigenvalue weighted by molar-refractivity contribution is -0.105. The van der Waals surface area contributed by atoms with Crippen LogP contribution in [0.1, 0.15) is 25.7 Å². The molecule has 0 spiro atoms. The van der Waals surface area contributed by atoms with Crippen LogP contribution >= 0.6 is 0 Å². The van der Waals surface area contributed by atoms with Gasteiger partial charge in [-0.3, -0.25) is 4.79 Å². The molecule has 1 N–H and O–H groups in total. The molecule has 2 aliphatic rings. The van der Waals surface area contributed by atoms with Gasteiger partial charge >= 0.3 is 0 Å². The minimum absolute atomic E-state index is 0.719. The van der Waals surface area contributed by atoms with E-state index in [0.29, 0.717) is 0 Å². The van der Waals surface area contributed by atoms with Crippen molar-refractivity contribution in [2.24, 2.45) is 0 Å². The molecule has 2 saturated heterocycles. The highest BCUT2D eigenvalue weighted by Crippen LogP contribution is 2.25. The molecule has 0 aliphatic carbocycles. The van der Waals surface area contributed by atoms with E-state index in [0.717, 1.165) is 31.2 Å². The summed E-state index contributed by atoms with van der Waals surface area (Å²) in [6, 6.07) is 8.93. The summed E-state index contributed by atoms with van der Waals surface area (Å²) in [5.41, 5.74) is 2.12. The molecule has 108 valence electrons. The zero-order valence-corrected chi connectivity index (χ0v) is 11.9. The van der Waals surface area contributed by atoms with E-state index < -0.39 is 0 Å². The average Bonchev–Trinajstić information content (AvgIpc) is 3.03. The van der Waals surface area contributed by atoms with E-state index in [1.165, 1.54) is 44.5 Å². The minimum atomic E-state index is 0.719. The maximum atomic E-state index is 10.4. The highest BCUT2D eigenvalue weighted by molar-refractivity contribution is 5.72. The van der Waals surface area contributed by atoms with Crippen molar-refractivity contribution in [1.29, 1.82) is 0 Å². The van der Waals surface area contributed by atoms with Crippen molar-refractivity contribution in [3.63, 3.8) is 0 Å². The van der Waals surface area contributed by atoms with E-state index in [1.807, 2.05) is 12.1 Å². The van der Waals surface area contributed by atoms with Gasteiger partial charge in [0.1, 0.15) is 0 Å². The van der Waals surface area contributed by atoms with Crippen molar-refractivity contribution in [2.45, 2.75) is 31.7 Å². The number of carbonyl (C=O) groups is 1. The average molecular weight is 273 g/mol.